The number of rotatable bonds is 6. The zero-order valence-electron chi connectivity index (χ0n) is 17.3. The molecule has 1 N–H and O–H groups in total. The fourth-order valence-electron chi connectivity index (χ4n) is 4.33. The van der Waals surface area contributed by atoms with Crippen LogP contribution >= 0.6 is 11.6 Å². The topological polar surface area (TPSA) is 60.3 Å². The number of benzene rings is 2. The third-order valence-electron chi connectivity index (χ3n) is 5.66. The van der Waals surface area contributed by atoms with Crippen molar-refractivity contribution in [3.8, 4) is 0 Å². The molecule has 0 radical (unpaired) electrons. The summed E-state index contributed by atoms with van der Waals surface area (Å²) >= 11 is 5.90. The Kier molecular flexibility index (Phi) is 6.28. The first-order valence-corrected chi connectivity index (χ1v) is 10.8. The van der Waals surface area contributed by atoms with Crippen molar-refractivity contribution in [3.05, 3.63) is 70.1 Å². The lowest BCUT2D eigenvalue weighted by Gasteiger charge is -2.25. The number of nitrogens with one attached hydrogen (secondary N) is 1. The van der Waals surface area contributed by atoms with Gasteiger partial charge >= 0.3 is 5.97 Å². The Labute approximate surface area is 185 Å². The molecule has 7 heteroatoms. The van der Waals surface area contributed by atoms with Crippen LogP contribution in [0.4, 0.5) is 4.39 Å². The van der Waals surface area contributed by atoms with E-state index in [1.807, 2.05) is 16.7 Å². The summed E-state index contributed by atoms with van der Waals surface area (Å²) in [4.78, 5) is 24.7. The molecule has 0 fully saturated rings. The van der Waals surface area contributed by atoms with Crippen molar-refractivity contribution in [2.45, 2.75) is 45.2 Å². The van der Waals surface area contributed by atoms with Crippen molar-refractivity contribution in [3.63, 3.8) is 0 Å². The lowest BCUT2D eigenvalue weighted by Crippen LogP contribution is -2.39. The average molecular weight is 443 g/mol. The molecule has 162 valence electrons. The molecular formula is C24H24ClFN2O3. The minimum atomic E-state index is -0.322. The van der Waals surface area contributed by atoms with E-state index in [-0.39, 0.29) is 36.7 Å². The van der Waals surface area contributed by atoms with E-state index in [4.69, 9.17) is 16.3 Å². The highest BCUT2D eigenvalue weighted by Crippen LogP contribution is 2.33. The lowest BCUT2D eigenvalue weighted by molar-refractivity contribution is -0.143. The van der Waals surface area contributed by atoms with Gasteiger partial charge in [0.2, 0.25) is 5.91 Å². The molecule has 0 saturated carbocycles. The van der Waals surface area contributed by atoms with Gasteiger partial charge in [-0.1, -0.05) is 23.7 Å². The molecule has 5 nitrogen and oxygen atoms in total. The number of carbonyl (C=O) groups is 2. The minimum absolute atomic E-state index is 0.0442. The van der Waals surface area contributed by atoms with Gasteiger partial charge in [-0.2, -0.15) is 0 Å². The summed E-state index contributed by atoms with van der Waals surface area (Å²) < 4.78 is 21.0. The Bertz CT molecular complexity index is 1120. The van der Waals surface area contributed by atoms with E-state index >= 15 is 0 Å². The van der Waals surface area contributed by atoms with Crippen molar-refractivity contribution in [1.29, 1.82) is 0 Å². The van der Waals surface area contributed by atoms with Crippen LogP contribution in [0.3, 0.4) is 0 Å². The van der Waals surface area contributed by atoms with Gasteiger partial charge in [0.15, 0.2) is 0 Å². The maximum absolute atomic E-state index is 14.0. The summed E-state index contributed by atoms with van der Waals surface area (Å²) in [6.45, 7) is 2.18. The van der Waals surface area contributed by atoms with Crippen LogP contribution in [0.2, 0.25) is 5.02 Å². The fraction of sp³-hybridized carbons (Fsp3) is 0.333. The second kappa shape index (κ2) is 9.10. The Hall–Kier alpha value is -2.86. The molecule has 1 atom stereocenters. The largest absolute Gasteiger partial charge is 0.465 e. The van der Waals surface area contributed by atoms with Crippen LogP contribution in [-0.4, -0.2) is 29.1 Å². The predicted molar refractivity (Wildman–Crippen MR) is 118 cm³/mol. The van der Waals surface area contributed by atoms with Crippen LogP contribution in [0.5, 0.6) is 0 Å². The van der Waals surface area contributed by atoms with Crippen LogP contribution in [0.15, 0.2) is 42.5 Å². The first kappa shape index (κ1) is 21.4. The average Bonchev–Trinajstić information content (AvgIpc) is 3.02. The van der Waals surface area contributed by atoms with Gasteiger partial charge < -0.3 is 14.6 Å². The van der Waals surface area contributed by atoms with E-state index in [1.54, 1.807) is 25.1 Å². The molecule has 31 heavy (non-hydrogen) atoms. The molecular weight excluding hydrogens is 419 g/mol. The number of amides is 1. The summed E-state index contributed by atoms with van der Waals surface area (Å²) in [7, 11) is 0. The molecule has 2 aromatic carbocycles. The fourth-order valence-corrected chi connectivity index (χ4v) is 4.45. The first-order chi connectivity index (χ1) is 14.9. The van der Waals surface area contributed by atoms with Crippen LogP contribution in [0, 0.1) is 5.82 Å². The molecule has 1 aromatic heterocycles. The van der Waals surface area contributed by atoms with E-state index in [9.17, 15) is 14.0 Å². The van der Waals surface area contributed by atoms with Crippen LogP contribution in [0.25, 0.3) is 10.9 Å². The highest BCUT2D eigenvalue weighted by atomic mass is 35.5. The van der Waals surface area contributed by atoms with Crippen LogP contribution < -0.4 is 5.32 Å². The van der Waals surface area contributed by atoms with Crippen LogP contribution in [0.1, 0.15) is 30.2 Å². The van der Waals surface area contributed by atoms with Gasteiger partial charge in [0, 0.05) is 27.7 Å². The molecule has 0 bridgehead atoms. The molecule has 1 amide bonds. The number of ether oxygens (including phenoxy) is 1. The lowest BCUT2D eigenvalue weighted by atomic mass is 9.91. The number of halogens is 2. The molecule has 1 aliphatic rings. The molecule has 0 spiro atoms. The van der Waals surface area contributed by atoms with Crippen LogP contribution in [-0.2, 0) is 40.1 Å². The molecule has 1 heterocycles. The second-order valence-corrected chi connectivity index (χ2v) is 8.22. The summed E-state index contributed by atoms with van der Waals surface area (Å²) in [6.07, 6.45) is 2.31. The van der Waals surface area contributed by atoms with Gasteiger partial charge in [-0.05, 0) is 67.6 Å². The number of hydrogen-bond donors (Lipinski definition) is 1. The Morgan fingerprint density at radius 2 is 2.00 bits per heavy atom. The highest BCUT2D eigenvalue weighted by molar-refractivity contribution is 6.30. The van der Waals surface area contributed by atoms with Gasteiger partial charge in [0.25, 0.3) is 0 Å². The quantitative estimate of drug-likeness (QED) is 0.582. The van der Waals surface area contributed by atoms with Gasteiger partial charge in [0.1, 0.15) is 12.4 Å². The van der Waals surface area contributed by atoms with E-state index in [1.165, 1.54) is 12.1 Å². The molecule has 0 saturated heterocycles. The third kappa shape index (κ3) is 4.74. The summed E-state index contributed by atoms with van der Waals surface area (Å²) in [5, 5.41) is 4.53. The smallest absolute Gasteiger partial charge is 0.325 e. The van der Waals surface area contributed by atoms with Gasteiger partial charge in [-0.3, -0.25) is 9.59 Å². The van der Waals surface area contributed by atoms with Gasteiger partial charge in [0.05, 0.1) is 13.0 Å². The normalized spacial score (nSPS) is 15.5. The number of esters is 1. The second-order valence-electron chi connectivity index (χ2n) is 7.79. The third-order valence-corrected chi connectivity index (χ3v) is 5.92. The minimum Gasteiger partial charge on any atom is -0.465 e. The van der Waals surface area contributed by atoms with Gasteiger partial charge in [-0.25, -0.2) is 4.39 Å². The van der Waals surface area contributed by atoms with Crippen molar-refractivity contribution in [2.75, 3.05) is 6.61 Å². The van der Waals surface area contributed by atoms with Crippen molar-refractivity contribution in [1.82, 2.24) is 9.88 Å². The Balaban J connectivity index is 1.54. The van der Waals surface area contributed by atoms with E-state index in [2.05, 4.69) is 5.32 Å². The van der Waals surface area contributed by atoms with Crippen molar-refractivity contribution >= 4 is 34.4 Å². The van der Waals surface area contributed by atoms with E-state index in [0.717, 1.165) is 34.1 Å². The number of fused-ring (bicyclic) bond motifs is 3. The van der Waals surface area contributed by atoms with Crippen molar-refractivity contribution in [2.24, 2.45) is 0 Å². The maximum atomic E-state index is 14.0. The molecule has 4 rings (SSSR count). The Morgan fingerprint density at radius 1 is 1.23 bits per heavy atom. The highest BCUT2D eigenvalue weighted by Gasteiger charge is 2.27. The molecule has 1 aliphatic carbocycles. The Morgan fingerprint density at radius 3 is 2.74 bits per heavy atom. The van der Waals surface area contributed by atoms with E-state index in [0.29, 0.717) is 24.5 Å². The monoisotopic (exact) mass is 442 g/mol. The zero-order valence-corrected chi connectivity index (χ0v) is 18.0. The summed E-state index contributed by atoms with van der Waals surface area (Å²) in [5.74, 6) is -0.695. The maximum Gasteiger partial charge on any atom is 0.325 e. The molecule has 0 unspecified atom stereocenters. The number of hydrogen-bond acceptors (Lipinski definition) is 3. The number of aromatic nitrogens is 1. The van der Waals surface area contributed by atoms with Crippen molar-refractivity contribution < 1.29 is 18.7 Å². The van der Waals surface area contributed by atoms with Gasteiger partial charge in [-0.15, -0.1) is 0 Å². The number of nitrogens with zero attached hydrogens (tertiary/aromatic N) is 1. The zero-order chi connectivity index (χ0) is 22.0. The molecule has 3 aromatic rings. The summed E-state index contributed by atoms with van der Waals surface area (Å²) in [5.41, 5.74) is 3.71. The predicted octanol–water partition coefficient (Wildman–Crippen LogP) is 4.21. The van der Waals surface area contributed by atoms with E-state index < -0.39 is 0 Å². The SMILES string of the molecule is CCOC(=O)Cn1c2c(c3cc(F)ccc31)C[C@@H](NC(=O)Cc1ccc(Cl)cc1)CC2. The summed E-state index contributed by atoms with van der Waals surface area (Å²) in [6, 6.07) is 11.8. The standard InChI is InChI=1S/C24H24ClFN2O3/c1-2-31-24(30)14-28-21-9-7-17(26)12-19(21)20-13-18(8-10-22(20)28)27-23(29)11-15-3-5-16(25)6-4-15/h3-7,9,12,18H,2,8,10-11,13-14H2,1H3,(H,27,29)/t18-/m0/s1. The molecule has 0 aliphatic heterocycles. The number of carbonyl (C=O) groups excluding carboxylic acids is 2. The first-order valence-electron chi connectivity index (χ1n) is 10.4.